The lowest BCUT2D eigenvalue weighted by Gasteiger charge is -2.29. The third-order valence-electron chi connectivity index (χ3n) is 10.5. The molecule has 3 saturated heterocycles. The minimum Gasteiger partial charge on any atom is -0.481 e. The molecule has 49 heavy (non-hydrogen) atoms. The van der Waals surface area contributed by atoms with Gasteiger partial charge in [0.2, 0.25) is 6.79 Å². The molecule has 1 aromatic rings. The molecule has 3 unspecified atom stereocenters. The van der Waals surface area contributed by atoms with Crippen LogP contribution in [-0.2, 0) is 39.9 Å². The maximum Gasteiger partial charge on any atom is 0.308 e. The number of carboxylic acids is 1. The van der Waals surface area contributed by atoms with Gasteiger partial charge in [-0.3, -0.25) is 33.7 Å². The number of aliphatic carboxylic acids is 1. The molecule has 1 aromatic carbocycles. The van der Waals surface area contributed by atoms with E-state index >= 15 is 0 Å². The quantitative estimate of drug-likeness (QED) is 0.164. The monoisotopic (exact) mass is 685 g/mol. The van der Waals surface area contributed by atoms with Crippen LogP contribution in [0.3, 0.4) is 0 Å². The van der Waals surface area contributed by atoms with E-state index < -0.39 is 42.8 Å². The second-order valence-corrected chi connectivity index (χ2v) is 14.2. The number of aliphatic hydroxyl groups is 2. The number of ether oxygens (including phenoxy) is 2. The molecular formula is C37H51NO11. The maximum absolute atomic E-state index is 13.3. The Morgan fingerprint density at radius 3 is 1.98 bits per heavy atom. The summed E-state index contributed by atoms with van der Waals surface area (Å²) in [5.74, 6) is -3.21. The zero-order chi connectivity index (χ0) is 35.3. The van der Waals surface area contributed by atoms with E-state index in [1.165, 1.54) is 0 Å². The fourth-order valence-electron chi connectivity index (χ4n) is 7.64. The minimum atomic E-state index is -1.53. The third kappa shape index (κ3) is 12.7. The van der Waals surface area contributed by atoms with Gasteiger partial charge in [0, 0.05) is 55.9 Å². The highest BCUT2D eigenvalue weighted by Gasteiger charge is 2.36. The summed E-state index contributed by atoms with van der Waals surface area (Å²) in [6.07, 6.45) is 4.85. The van der Waals surface area contributed by atoms with Crippen LogP contribution in [0, 0.1) is 29.6 Å². The third-order valence-corrected chi connectivity index (χ3v) is 10.5. The van der Waals surface area contributed by atoms with Crippen LogP contribution in [0.2, 0.25) is 0 Å². The highest BCUT2D eigenvalue weighted by atomic mass is 16.7. The molecule has 3 heterocycles. The highest BCUT2D eigenvalue weighted by Crippen LogP contribution is 2.35. The lowest BCUT2D eigenvalue weighted by atomic mass is 9.83. The molecule has 2 bridgehead atoms. The van der Waals surface area contributed by atoms with E-state index in [0.717, 1.165) is 12.0 Å². The first kappa shape index (κ1) is 38.3. The van der Waals surface area contributed by atoms with E-state index in [4.69, 9.17) is 9.47 Å². The smallest absolute Gasteiger partial charge is 0.308 e. The largest absolute Gasteiger partial charge is 0.481 e. The van der Waals surface area contributed by atoms with Crippen molar-refractivity contribution in [3.63, 3.8) is 0 Å². The summed E-state index contributed by atoms with van der Waals surface area (Å²) in [5, 5.41) is 28.6. The van der Waals surface area contributed by atoms with Crippen molar-refractivity contribution in [2.75, 3.05) is 26.4 Å². The van der Waals surface area contributed by atoms with Crippen LogP contribution < -0.4 is 0 Å². The van der Waals surface area contributed by atoms with Gasteiger partial charge in [0.1, 0.15) is 5.78 Å². The van der Waals surface area contributed by atoms with Crippen LogP contribution in [0.15, 0.2) is 24.3 Å². The van der Waals surface area contributed by atoms with Crippen LogP contribution in [0.4, 0.5) is 0 Å². The molecule has 3 N–H and O–H groups in total. The van der Waals surface area contributed by atoms with Gasteiger partial charge in [-0.05, 0) is 87.8 Å². The summed E-state index contributed by atoms with van der Waals surface area (Å²) >= 11 is 0. The number of aliphatic hydroxyl groups excluding tert-OH is 1. The fraction of sp³-hybridized carbons (Fsp3) is 0.676. The molecule has 3 aliphatic heterocycles. The number of nitrogens with zero attached hydrogens (tertiary/aromatic N) is 1. The number of benzene rings is 1. The molecule has 4 aliphatic rings. The molecule has 5 rings (SSSR count). The van der Waals surface area contributed by atoms with Crippen molar-refractivity contribution in [1.29, 1.82) is 0 Å². The Balaban J connectivity index is 1.34. The molecule has 4 fully saturated rings. The van der Waals surface area contributed by atoms with E-state index in [2.05, 4.69) is 4.90 Å². The topological polar surface area (TPSA) is 185 Å². The van der Waals surface area contributed by atoms with E-state index in [1.807, 2.05) is 0 Å². The number of hydrogen-bond acceptors (Lipinski definition) is 11. The Kier molecular flexibility index (Phi) is 14.9. The summed E-state index contributed by atoms with van der Waals surface area (Å²) in [6, 6.07) is 6.81. The lowest BCUT2D eigenvalue weighted by molar-refractivity contribution is -0.169. The van der Waals surface area contributed by atoms with Gasteiger partial charge in [-0.1, -0.05) is 30.7 Å². The van der Waals surface area contributed by atoms with Gasteiger partial charge in [-0.25, -0.2) is 0 Å². The zero-order valence-electron chi connectivity index (χ0n) is 28.3. The molecule has 4 atom stereocenters. The molecule has 12 nitrogen and oxygen atoms in total. The number of esters is 2. The van der Waals surface area contributed by atoms with E-state index in [9.17, 15) is 44.1 Å². The van der Waals surface area contributed by atoms with Gasteiger partial charge in [0.05, 0.1) is 6.54 Å². The lowest BCUT2D eigenvalue weighted by Crippen LogP contribution is -2.35. The van der Waals surface area contributed by atoms with Crippen LogP contribution in [0.5, 0.6) is 0 Å². The molecule has 12 heteroatoms. The number of carbonyl (C=O) groups is 6. The van der Waals surface area contributed by atoms with Gasteiger partial charge < -0.3 is 24.8 Å². The maximum atomic E-state index is 13.3. The summed E-state index contributed by atoms with van der Waals surface area (Å²) in [6.45, 7) is 0.903. The molecule has 1 aliphatic carbocycles. The Morgan fingerprint density at radius 2 is 1.41 bits per heavy atom. The van der Waals surface area contributed by atoms with Gasteiger partial charge in [-0.2, -0.15) is 0 Å². The van der Waals surface area contributed by atoms with Crippen molar-refractivity contribution in [2.45, 2.75) is 103 Å². The van der Waals surface area contributed by atoms with Crippen molar-refractivity contribution in [2.24, 2.45) is 29.6 Å². The van der Waals surface area contributed by atoms with Gasteiger partial charge in [0.25, 0.3) is 0 Å². The first-order chi connectivity index (χ1) is 23.5. The molecular weight excluding hydrogens is 634 g/mol. The number of fused-ring (bicyclic) bond motifs is 14. The normalized spacial score (nSPS) is 26.1. The van der Waals surface area contributed by atoms with E-state index in [1.54, 1.807) is 24.3 Å². The predicted octanol–water partition coefficient (Wildman–Crippen LogP) is 3.87. The van der Waals surface area contributed by atoms with E-state index in [0.29, 0.717) is 70.0 Å². The van der Waals surface area contributed by atoms with Crippen molar-refractivity contribution >= 4 is 35.3 Å². The van der Waals surface area contributed by atoms with Gasteiger partial charge in [0.15, 0.2) is 17.9 Å². The van der Waals surface area contributed by atoms with Crippen molar-refractivity contribution in [1.82, 2.24) is 4.90 Å². The number of carbonyl (C=O) groups excluding carboxylic acids is 5. The van der Waals surface area contributed by atoms with E-state index in [-0.39, 0.29) is 80.2 Å². The van der Waals surface area contributed by atoms with Crippen LogP contribution in [-0.4, -0.2) is 88.2 Å². The zero-order valence-corrected chi connectivity index (χ0v) is 28.3. The minimum absolute atomic E-state index is 0.0106. The standard InChI is InChI=1S/C37H51NO11/c39-29(18-24-8-10-28(11-9-24)32(40)12-13-33(41)30-2-1-3-31(30)37(46)47)22-38-16-14-26-6-4-25(19-34(42)43)5-7-27(15-17-38)21-36(45)49-23-48-35(44)20-26/h8-11,25-27,30-31,37,46-47H,1-7,12-23H2,(H,42,43)/t25?,26?,27?,30?,31-/m1/s1. The molecule has 270 valence electrons. The fourth-order valence-corrected chi connectivity index (χ4v) is 7.64. The van der Waals surface area contributed by atoms with Crippen LogP contribution in [0.25, 0.3) is 0 Å². The van der Waals surface area contributed by atoms with Crippen LogP contribution >= 0.6 is 0 Å². The van der Waals surface area contributed by atoms with Crippen LogP contribution in [0.1, 0.15) is 106 Å². The molecule has 0 spiro atoms. The Labute approximate surface area is 287 Å². The van der Waals surface area contributed by atoms with Gasteiger partial charge >= 0.3 is 17.9 Å². The second kappa shape index (κ2) is 19.1. The number of Topliss-reactive ketones (excluding diaryl/α,β-unsaturated/α-hetero) is 3. The molecule has 0 radical (unpaired) electrons. The average Bonchev–Trinajstić information content (AvgIpc) is 3.55. The number of ketones is 3. The first-order valence-electron chi connectivity index (χ1n) is 17.7. The Hall–Kier alpha value is -3.48. The Bertz CT molecular complexity index is 1280. The first-order valence-corrected chi connectivity index (χ1v) is 17.7. The number of rotatable bonds is 12. The highest BCUT2D eigenvalue weighted by molar-refractivity contribution is 5.98. The second-order valence-electron chi connectivity index (χ2n) is 14.2. The Morgan fingerprint density at radius 1 is 0.796 bits per heavy atom. The summed E-state index contributed by atoms with van der Waals surface area (Å²) < 4.78 is 10.3. The summed E-state index contributed by atoms with van der Waals surface area (Å²) in [7, 11) is 0. The number of hydrogen-bond donors (Lipinski definition) is 3. The average molecular weight is 686 g/mol. The SMILES string of the molecule is O=C(O)CC1CCC2CCN(CC(=O)Cc3ccc(C(=O)CCC(=O)C4CCC[C@H]4C(O)O)cc3)CCC(CC1)CC(=O)OCOC(=O)C2. The predicted molar refractivity (Wildman–Crippen MR) is 176 cm³/mol. The van der Waals surface area contributed by atoms with Gasteiger partial charge in [-0.15, -0.1) is 0 Å². The molecule has 0 aromatic heterocycles. The molecule has 1 saturated carbocycles. The van der Waals surface area contributed by atoms with Crippen molar-refractivity contribution in [3.8, 4) is 0 Å². The van der Waals surface area contributed by atoms with Crippen molar-refractivity contribution in [3.05, 3.63) is 35.4 Å². The number of carboxylic acid groups (broad SMARTS) is 1. The summed E-state index contributed by atoms with van der Waals surface area (Å²) in [5.41, 5.74) is 1.20. The van der Waals surface area contributed by atoms with Crippen molar-refractivity contribution < 1.29 is 53.6 Å². The summed E-state index contributed by atoms with van der Waals surface area (Å²) in [4.78, 5) is 77.4. The molecule has 0 amide bonds.